The molecule has 1 fully saturated rings. The summed E-state index contributed by atoms with van der Waals surface area (Å²) in [6, 6.07) is 15.7. The molecule has 0 aliphatic carbocycles. The average molecular weight is 377 g/mol. The predicted molar refractivity (Wildman–Crippen MR) is 110 cm³/mol. The summed E-state index contributed by atoms with van der Waals surface area (Å²) < 4.78 is 13.3. The number of fused-ring (bicyclic) bond motifs is 1. The molecule has 1 saturated heterocycles. The fourth-order valence-corrected chi connectivity index (χ4v) is 3.73. The summed E-state index contributed by atoms with van der Waals surface area (Å²) in [5.41, 5.74) is 2.87. The van der Waals surface area contributed by atoms with E-state index in [0.29, 0.717) is 17.8 Å². The number of likely N-dealkylation sites (N-methyl/N-ethyl adjacent to an activating group) is 1. The Morgan fingerprint density at radius 1 is 1.11 bits per heavy atom. The molecule has 0 bridgehead atoms. The summed E-state index contributed by atoms with van der Waals surface area (Å²) in [5, 5.41) is 0.839. The van der Waals surface area contributed by atoms with Crippen LogP contribution in [-0.2, 0) is 0 Å². The lowest BCUT2D eigenvalue weighted by Gasteiger charge is -2.22. The second-order valence-corrected chi connectivity index (χ2v) is 7.35. The molecule has 28 heavy (non-hydrogen) atoms. The Labute approximate surface area is 164 Å². The lowest BCUT2D eigenvalue weighted by molar-refractivity contribution is 0.0784. The predicted octanol–water partition coefficient (Wildman–Crippen LogP) is 4.21. The van der Waals surface area contributed by atoms with Crippen LogP contribution in [0, 0.1) is 5.82 Å². The zero-order valence-electron chi connectivity index (χ0n) is 16.1. The third kappa shape index (κ3) is 3.90. The second-order valence-electron chi connectivity index (χ2n) is 7.35. The fraction of sp³-hybridized carbons (Fsp3) is 0.304. The molecular formula is C23H24FN3O. The first-order valence-corrected chi connectivity index (χ1v) is 9.75. The van der Waals surface area contributed by atoms with Crippen LogP contribution in [0.25, 0.3) is 22.2 Å². The standard InChI is InChI=1S/C23H24FN3O/c1-26(14-15-27-12-4-5-13-27)23(28)20-16-22(17-8-10-18(24)11-9-17)25-21-7-3-2-6-19(20)21/h2-3,6-11,16H,4-5,12-15H2,1H3. The normalized spacial score (nSPS) is 14.5. The van der Waals surface area contributed by atoms with E-state index in [2.05, 4.69) is 9.88 Å². The molecule has 144 valence electrons. The van der Waals surface area contributed by atoms with Gasteiger partial charge in [-0.15, -0.1) is 0 Å². The van der Waals surface area contributed by atoms with Crippen LogP contribution in [0.4, 0.5) is 4.39 Å². The van der Waals surface area contributed by atoms with Crippen LogP contribution in [0.5, 0.6) is 0 Å². The number of para-hydroxylation sites is 1. The van der Waals surface area contributed by atoms with Gasteiger partial charge in [0.15, 0.2) is 0 Å². The number of aromatic nitrogens is 1. The topological polar surface area (TPSA) is 36.4 Å². The highest BCUT2D eigenvalue weighted by Gasteiger charge is 2.19. The molecule has 0 spiro atoms. The van der Waals surface area contributed by atoms with Crippen LogP contribution >= 0.6 is 0 Å². The molecule has 4 nitrogen and oxygen atoms in total. The van der Waals surface area contributed by atoms with Crippen molar-refractivity contribution in [1.82, 2.24) is 14.8 Å². The van der Waals surface area contributed by atoms with Crippen molar-refractivity contribution < 1.29 is 9.18 Å². The number of nitrogens with zero attached hydrogens (tertiary/aromatic N) is 3. The van der Waals surface area contributed by atoms with Gasteiger partial charge in [-0.2, -0.15) is 0 Å². The molecule has 0 radical (unpaired) electrons. The van der Waals surface area contributed by atoms with Crippen molar-refractivity contribution in [3.05, 3.63) is 66.0 Å². The van der Waals surface area contributed by atoms with Crippen LogP contribution in [0.1, 0.15) is 23.2 Å². The first-order valence-electron chi connectivity index (χ1n) is 9.75. The van der Waals surface area contributed by atoms with Crippen LogP contribution < -0.4 is 0 Å². The van der Waals surface area contributed by atoms with E-state index in [9.17, 15) is 9.18 Å². The summed E-state index contributed by atoms with van der Waals surface area (Å²) in [6.45, 7) is 3.83. The highest BCUT2D eigenvalue weighted by Crippen LogP contribution is 2.26. The van der Waals surface area contributed by atoms with E-state index in [1.165, 1.54) is 25.0 Å². The maximum atomic E-state index is 13.3. The molecule has 2 aromatic carbocycles. The highest BCUT2D eigenvalue weighted by atomic mass is 19.1. The number of halogens is 1. The number of likely N-dealkylation sites (tertiary alicyclic amines) is 1. The molecule has 0 N–H and O–H groups in total. The van der Waals surface area contributed by atoms with Crippen molar-refractivity contribution in [3.63, 3.8) is 0 Å². The number of benzene rings is 2. The summed E-state index contributed by atoms with van der Waals surface area (Å²) in [5.74, 6) is -0.302. The maximum absolute atomic E-state index is 13.3. The maximum Gasteiger partial charge on any atom is 0.254 e. The minimum Gasteiger partial charge on any atom is -0.340 e. The van der Waals surface area contributed by atoms with E-state index < -0.39 is 0 Å². The molecule has 3 aromatic rings. The Morgan fingerprint density at radius 3 is 2.57 bits per heavy atom. The lowest BCUT2D eigenvalue weighted by atomic mass is 10.0. The van der Waals surface area contributed by atoms with Crippen LogP contribution in [0.15, 0.2) is 54.6 Å². The van der Waals surface area contributed by atoms with E-state index >= 15 is 0 Å². The average Bonchev–Trinajstić information content (AvgIpc) is 3.25. The van der Waals surface area contributed by atoms with Gasteiger partial charge >= 0.3 is 0 Å². The van der Waals surface area contributed by atoms with Gasteiger partial charge in [0.2, 0.25) is 0 Å². The minimum atomic E-state index is -0.289. The molecule has 0 unspecified atom stereocenters. The van der Waals surface area contributed by atoms with E-state index in [4.69, 9.17) is 0 Å². The number of carbonyl (C=O) groups excluding carboxylic acids is 1. The highest BCUT2D eigenvalue weighted by molar-refractivity contribution is 6.07. The third-order valence-corrected chi connectivity index (χ3v) is 5.38. The van der Waals surface area contributed by atoms with Crippen LogP contribution in [0.2, 0.25) is 0 Å². The second kappa shape index (κ2) is 8.07. The first kappa shape index (κ1) is 18.6. The number of hydrogen-bond donors (Lipinski definition) is 0. The van der Waals surface area contributed by atoms with Crippen molar-refractivity contribution in [1.29, 1.82) is 0 Å². The quantitative estimate of drug-likeness (QED) is 0.668. The molecule has 0 saturated carbocycles. The Hall–Kier alpha value is -2.79. The van der Waals surface area contributed by atoms with Gasteiger partial charge in [-0.05, 0) is 62.3 Å². The van der Waals surface area contributed by atoms with Gasteiger partial charge < -0.3 is 9.80 Å². The van der Waals surface area contributed by atoms with Crippen molar-refractivity contribution >= 4 is 16.8 Å². The number of hydrogen-bond acceptors (Lipinski definition) is 3. The summed E-state index contributed by atoms with van der Waals surface area (Å²) >= 11 is 0. The summed E-state index contributed by atoms with van der Waals surface area (Å²) in [6.07, 6.45) is 2.49. The molecule has 1 aromatic heterocycles. The van der Waals surface area contributed by atoms with E-state index in [1.54, 1.807) is 17.0 Å². The van der Waals surface area contributed by atoms with E-state index in [0.717, 1.165) is 36.1 Å². The smallest absolute Gasteiger partial charge is 0.254 e. The Kier molecular flexibility index (Phi) is 5.35. The van der Waals surface area contributed by atoms with Gasteiger partial charge in [-0.3, -0.25) is 4.79 Å². The SMILES string of the molecule is CN(CCN1CCCC1)C(=O)c1cc(-c2ccc(F)cc2)nc2ccccc12. The monoisotopic (exact) mass is 377 g/mol. The van der Waals surface area contributed by atoms with Crippen molar-refractivity contribution in [2.24, 2.45) is 0 Å². The number of rotatable bonds is 5. The minimum absolute atomic E-state index is 0.0128. The molecule has 1 amide bonds. The Bertz CT molecular complexity index is 981. The summed E-state index contributed by atoms with van der Waals surface area (Å²) in [7, 11) is 1.85. The van der Waals surface area contributed by atoms with Gasteiger partial charge in [0.1, 0.15) is 5.82 Å². The number of pyridine rings is 1. The van der Waals surface area contributed by atoms with Crippen LogP contribution in [0.3, 0.4) is 0 Å². The number of carbonyl (C=O) groups is 1. The summed E-state index contributed by atoms with van der Waals surface area (Å²) in [4.78, 5) is 22.1. The molecule has 5 heteroatoms. The third-order valence-electron chi connectivity index (χ3n) is 5.38. The molecular weight excluding hydrogens is 353 g/mol. The van der Waals surface area contributed by atoms with Gasteiger partial charge in [-0.25, -0.2) is 9.37 Å². The zero-order chi connectivity index (χ0) is 19.5. The van der Waals surface area contributed by atoms with Crippen LogP contribution in [-0.4, -0.2) is 53.9 Å². The molecule has 1 aliphatic heterocycles. The first-order chi connectivity index (χ1) is 13.6. The molecule has 2 heterocycles. The zero-order valence-corrected chi connectivity index (χ0v) is 16.1. The Balaban J connectivity index is 1.66. The molecule has 4 rings (SSSR count). The fourth-order valence-electron chi connectivity index (χ4n) is 3.73. The molecule has 1 aliphatic rings. The van der Waals surface area contributed by atoms with Crippen molar-refractivity contribution in [3.8, 4) is 11.3 Å². The van der Waals surface area contributed by atoms with Gasteiger partial charge in [0.05, 0.1) is 16.8 Å². The molecule has 0 atom stereocenters. The van der Waals surface area contributed by atoms with Gasteiger partial charge in [-0.1, -0.05) is 18.2 Å². The Morgan fingerprint density at radius 2 is 1.82 bits per heavy atom. The number of amides is 1. The van der Waals surface area contributed by atoms with Crippen molar-refractivity contribution in [2.75, 3.05) is 33.2 Å². The lowest BCUT2D eigenvalue weighted by Crippen LogP contribution is -2.35. The van der Waals surface area contributed by atoms with Crippen molar-refractivity contribution in [2.45, 2.75) is 12.8 Å². The van der Waals surface area contributed by atoms with Gasteiger partial charge in [0.25, 0.3) is 5.91 Å². The van der Waals surface area contributed by atoms with E-state index in [1.807, 2.05) is 37.4 Å². The van der Waals surface area contributed by atoms with Gasteiger partial charge in [0, 0.05) is 31.1 Å². The van der Waals surface area contributed by atoms with E-state index in [-0.39, 0.29) is 11.7 Å². The largest absolute Gasteiger partial charge is 0.340 e.